The first-order valence-electron chi connectivity index (χ1n) is 15.3. The molecule has 5 aromatic rings. The summed E-state index contributed by atoms with van der Waals surface area (Å²) < 4.78 is 188. The van der Waals surface area contributed by atoms with Gasteiger partial charge in [-0.3, -0.25) is 14.7 Å². The maximum absolute atomic E-state index is 15.2. The summed E-state index contributed by atoms with van der Waals surface area (Å²) in [5, 5.41) is 12.1. The standard InChI is InChI=1S/C32H22ClF3NO16PS4/c33-53-57(45,46)31-26(37(38)39)27(52-58(47,48)32(34,35)36)28(51-56(43,44)25-19-11-4-12-20-25)29(50-55(41,42)21-22-13-5-1-6-14-22)30(31)49-54(40,23-15-7-2-8-16-23)24-17-9-3-10-18-24/h1-20H,21H2. The Labute approximate surface area is 332 Å². The second-order valence-electron chi connectivity index (χ2n) is 11.2. The summed E-state index contributed by atoms with van der Waals surface area (Å²) in [7, 11) is -29.5. The van der Waals surface area contributed by atoms with Gasteiger partial charge in [0.25, 0.3) is 5.75 Å². The fraction of sp³-hybridized carbons (Fsp3) is 0.0625. The van der Waals surface area contributed by atoms with Crippen molar-refractivity contribution in [3.8, 4) is 23.0 Å². The van der Waals surface area contributed by atoms with Crippen LogP contribution in [0.15, 0.2) is 131 Å². The summed E-state index contributed by atoms with van der Waals surface area (Å²) in [6.07, 6.45) is 0. The van der Waals surface area contributed by atoms with Crippen molar-refractivity contribution in [1.82, 2.24) is 0 Å². The Balaban J connectivity index is 2.05. The average molecular weight is 928 g/mol. The molecular weight excluding hydrogens is 906 g/mol. The van der Waals surface area contributed by atoms with Crippen LogP contribution in [0.3, 0.4) is 0 Å². The van der Waals surface area contributed by atoms with E-state index in [2.05, 4.69) is 7.92 Å². The highest BCUT2D eigenvalue weighted by molar-refractivity contribution is 7.88. The minimum atomic E-state index is -7.21. The number of benzene rings is 5. The molecule has 0 aromatic heterocycles. The van der Waals surface area contributed by atoms with Gasteiger partial charge in [0.05, 0.1) is 27.4 Å². The van der Waals surface area contributed by atoms with Crippen molar-refractivity contribution < 1.29 is 77.1 Å². The SMILES string of the molecule is O=[N+]([O-])c1c(OS(=O)(=O)C(F)(F)F)c(OS(=O)(=O)c2ccccc2)c(OS(=O)(=O)Cc2ccccc2)c(OP(=O)(c2ccccc2)c2ccccc2)c1S(=O)(=O)OCl. The smallest absolute Gasteiger partial charge is 0.431 e. The van der Waals surface area contributed by atoms with Gasteiger partial charge in [-0.25, -0.2) is 0 Å². The molecule has 26 heteroatoms. The van der Waals surface area contributed by atoms with Gasteiger partial charge in [0.1, 0.15) is 10.6 Å². The Morgan fingerprint density at radius 1 is 0.621 bits per heavy atom. The number of hydrogen-bond donors (Lipinski definition) is 0. The molecule has 5 rings (SSSR count). The van der Waals surface area contributed by atoms with Crippen LogP contribution in [0.2, 0.25) is 0 Å². The van der Waals surface area contributed by atoms with Crippen molar-refractivity contribution in [2.75, 3.05) is 0 Å². The van der Waals surface area contributed by atoms with Crippen LogP contribution in [0.1, 0.15) is 5.56 Å². The number of nitrogens with zero attached hydrogens (tertiary/aromatic N) is 1. The molecule has 0 unspecified atom stereocenters. The molecule has 58 heavy (non-hydrogen) atoms. The number of nitro benzene ring substituents is 1. The van der Waals surface area contributed by atoms with Gasteiger partial charge in [-0.1, -0.05) is 84.9 Å². The summed E-state index contributed by atoms with van der Waals surface area (Å²) in [6, 6.07) is 24.2. The van der Waals surface area contributed by atoms with Crippen molar-refractivity contribution in [3.63, 3.8) is 0 Å². The molecule has 0 atom stereocenters. The number of alkyl halides is 3. The second kappa shape index (κ2) is 16.6. The third kappa shape index (κ3) is 9.38. The molecule has 0 spiro atoms. The average Bonchev–Trinajstić information content (AvgIpc) is 3.17. The van der Waals surface area contributed by atoms with Crippen LogP contribution in [0.4, 0.5) is 18.9 Å². The fourth-order valence-corrected chi connectivity index (χ4v) is 10.5. The fourth-order valence-electron chi connectivity index (χ4n) is 4.84. The zero-order valence-corrected chi connectivity index (χ0v) is 33.2. The summed E-state index contributed by atoms with van der Waals surface area (Å²) in [5.41, 5.74) is -9.06. The molecule has 0 saturated heterocycles. The Bertz CT molecular complexity index is 2800. The first-order chi connectivity index (χ1) is 27.0. The van der Waals surface area contributed by atoms with Gasteiger partial charge in [0.2, 0.25) is 22.1 Å². The molecule has 0 saturated carbocycles. The summed E-state index contributed by atoms with van der Waals surface area (Å²) in [6.45, 7) is 0. The van der Waals surface area contributed by atoms with E-state index in [1.165, 1.54) is 72.8 Å². The first-order valence-corrected chi connectivity index (χ1v) is 23.1. The predicted octanol–water partition coefficient (Wildman–Crippen LogP) is 5.67. The lowest BCUT2D eigenvalue weighted by molar-refractivity contribution is -0.388. The van der Waals surface area contributed by atoms with E-state index in [1.807, 2.05) is 0 Å². The van der Waals surface area contributed by atoms with Gasteiger partial charge in [0, 0.05) is 0 Å². The highest BCUT2D eigenvalue weighted by Crippen LogP contribution is 2.61. The summed E-state index contributed by atoms with van der Waals surface area (Å²) >= 11 is 5.20. The highest BCUT2D eigenvalue weighted by atomic mass is 35.5. The Morgan fingerprint density at radius 3 is 1.52 bits per heavy atom. The topological polar surface area (TPSA) is 243 Å². The molecule has 0 fully saturated rings. The maximum Gasteiger partial charge on any atom is 0.534 e. The Hall–Kier alpha value is -5.23. The van der Waals surface area contributed by atoms with E-state index in [1.54, 1.807) is 0 Å². The Kier molecular flexibility index (Phi) is 12.5. The van der Waals surface area contributed by atoms with Crippen molar-refractivity contribution in [3.05, 3.63) is 137 Å². The number of nitro groups is 1. The minimum Gasteiger partial charge on any atom is -0.431 e. The molecule has 0 aliphatic rings. The largest absolute Gasteiger partial charge is 0.534 e. The van der Waals surface area contributed by atoms with Crippen molar-refractivity contribution in [1.29, 1.82) is 0 Å². The maximum atomic E-state index is 15.2. The van der Waals surface area contributed by atoms with Crippen molar-refractivity contribution in [2.24, 2.45) is 0 Å². The van der Waals surface area contributed by atoms with Crippen LogP contribution in [-0.2, 0) is 54.5 Å². The molecule has 0 aliphatic heterocycles. The van der Waals surface area contributed by atoms with Crippen LogP contribution in [0, 0.1) is 10.1 Å². The van der Waals surface area contributed by atoms with E-state index < -0.39 is 103 Å². The molecular formula is C32H22ClF3NO16PS4. The van der Waals surface area contributed by atoms with Crippen LogP contribution in [-0.4, -0.2) is 44.1 Å². The van der Waals surface area contributed by atoms with E-state index in [0.29, 0.717) is 0 Å². The normalized spacial score (nSPS) is 12.7. The lowest BCUT2D eigenvalue weighted by Crippen LogP contribution is -2.29. The predicted molar refractivity (Wildman–Crippen MR) is 197 cm³/mol. The van der Waals surface area contributed by atoms with Crippen molar-refractivity contribution in [2.45, 2.75) is 21.1 Å². The number of halogens is 4. The van der Waals surface area contributed by atoms with E-state index in [4.69, 9.17) is 24.8 Å². The van der Waals surface area contributed by atoms with E-state index >= 15 is 4.57 Å². The van der Waals surface area contributed by atoms with Gasteiger partial charge in [-0.15, -0.1) is 0 Å². The highest BCUT2D eigenvalue weighted by Gasteiger charge is 2.54. The zero-order chi connectivity index (χ0) is 42.7. The molecule has 5 aromatic carbocycles. The lowest BCUT2D eigenvalue weighted by atomic mass is 10.2. The summed E-state index contributed by atoms with van der Waals surface area (Å²) in [5.74, 6) is -10.0. The van der Waals surface area contributed by atoms with Crippen LogP contribution in [0.5, 0.6) is 23.0 Å². The van der Waals surface area contributed by atoms with Gasteiger partial charge < -0.3 is 17.1 Å². The summed E-state index contributed by atoms with van der Waals surface area (Å²) in [4.78, 5) is 7.73. The van der Waals surface area contributed by atoms with E-state index in [0.717, 1.165) is 48.5 Å². The number of hydrogen-bond acceptors (Lipinski definition) is 16. The van der Waals surface area contributed by atoms with E-state index in [-0.39, 0.29) is 16.2 Å². The lowest BCUT2D eigenvalue weighted by Gasteiger charge is -2.25. The Morgan fingerprint density at radius 2 is 1.07 bits per heavy atom. The monoisotopic (exact) mass is 927 g/mol. The molecule has 0 heterocycles. The third-order valence-corrected chi connectivity index (χ3v) is 14.5. The molecule has 0 amide bonds. The minimum absolute atomic E-state index is 0.0986. The first kappa shape index (κ1) is 43.9. The third-order valence-electron chi connectivity index (χ3n) is 7.28. The molecule has 0 aliphatic carbocycles. The molecule has 0 bridgehead atoms. The van der Waals surface area contributed by atoms with Gasteiger partial charge in [0.15, 0.2) is 0 Å². The van der Waals surface area contributed by atoms with E-state index in [9.17, 15) is 57.0 Å². The van der Waals surface area contributed by atoms with Crippen LogP contribution >= 0.6 is 19.2 Å². The van der Waals surface area contributed by atoms with Gasteiger partial charge >= 0.3 is 59.0 Å². The second-order valence-corrected chi connectivity index (χ2v) is 20.0. The molecule has 308 valence electrons. The molecule has 17 nitrogen and oxygen atoms in total. The van der Waals surface area contributed by atoms with Crippen molar-refractivity contribution >= 4 is 76.0 Å². The van der Waals surface area contributed by atoms with Gasteiger partial charge in [-0.05, 0) is 42.0 Å². The quantitative estimate of drug-likeness (QED) is 0.0381. The van der Waals surface area contributed by atoms with Crippen LogP contribution in [0.25, 0.3) is 0 Å². The number of rotatable bonds is 16. The zero-order valence-electron chi connectivity index (χ0n) is 28.3. The molecule has 0 radical (unpaired) electrons. The van der Waals surface area contributed by atoms with Gasteiger partial charge in [-0.2, -0.15) is 50.6 Å². The molecule has 0 N–H and O–H groups in total. The van der Waals surface area contributed by atoms with Crippen LogP contribution < -0.4 is 27.7 Å².